The number of nitrogens with zero attached hydrogens (tertiary/aromatic N) is 3. The summed E-state index contributed by atoms with van der Waals surface area (Å²) in [7, 11) is 1.86. The smallest absolute Gasteiger partial charge is 0.144 e. The second-order valence-corrected chi connectivity index (χ2v) is 5.06. The maximum Gasteiger partial charge on any atom is 0.144 e. The first-order valence-electron chi connectivity index (χ1n) is 5.46. The lowest BCUT2D eigenvalue weighted by Crippen LogP contribution is -2.11. The van der Waals surface area contributed by atoms with Gasteiger partial charge in [0, 0.05) is 12.6 Å². The number of nitrogens with one attached hydrogen (secondary N) is 1. The van der Waals surface area contributed by atoms with E-state index in [2.05, 4.69) is 36.2 Å². The molecule has 0 saturated heterocycles. The second kappa shape index (κ2) is 3.47. The van der Waals surface area contributed by atoms with Gasteiger partial charge in [0.2, 0.25) is 0 Å². The second-order valence-electron chi connectivity index (χ2n) is 5.06. The molecule has 0 unspecified atom stereocenters. The van der Waals surface area contributed by atoms with Crippen molar-refractivity contribution in [1.29, 1.82) is 0 Å². The lowest BCUT2D eigenvalue weighted by atomic mass is 9.88. The van der Waals surface area contributed by atoms with Crippen LogP contribution in [0.1, 0.15) is 32.0 Å². The van der Waals surface area contributed by atoms with Crippen LogP contribution < -0.4 is 5.32 Å². The monoisotopic (exact) mass is 218 g/mol. The van der Waals surface area contributed by atoms with E-state index in [0.717, 1.165) is 17.0 Å². The van der Waals surface area contributed by atoms with Gasteiger partial charge in [0.25, 0.3) is 0 Å². The molecule has 0 spiro atoms. The van der Waals surface area contributed by atoms with Crippen LogP contribution >= 0.6 is 0 Å². The largest absolute Gasteiger partial charge is 0.372 e. The number of rotatable bonds is 1. The van der Waals surface area contributed by atoms with Crippen LogP contribution in [0, 0.1) is 6.92 Å². The highest BCUT2D eigenvalue weighted by Crippen LogP contribution is 2.28. The van der Waals surface area contributed by atoms with Gasteiger partial charge in [-0.1, -0.05) is 20.8 Å². The van der Waals surface area contributed by atoms with Gasteiger partial charge < -0.3 is 5.32 Å². The topological polar surface area (TPSA) is 42.2 Å². The van der Waals surface area contributed by atoms with Crippen molar-refractivity contribution in [3.63, 3.8) is 0 Å². The van der Waals surface area contributed by atoms with Gasteiger partial charge in [-0.25, -0.2) is 9.50 Å². The highest BCUT2D eigenvalue weighted by atomic mass is 15.2. The van der Waals surface area contributed by atoms with E-state index >= 15 is 0 Å². The van der Waals surface area contributed by atoms with Gasteiger partial charge in [-0.3, -0.25) is 0 Å². The third kappa shape index (κ3) is 1.64. The van der Waals surface area contributed by atoms with Crippen molar-refractivity contribution in [3.05, 3.63) is 23.7 Å². The van der Waals surface area contributed by atoms with Gasteiger partial charge in [0.05, 0.1) is 23.6 Å². The van der Waals surface area contributed by atoms with E-state index in [1.165, 1.54) is 5.56 Å². The molecule has 0 aromatic carbocycles. The SMILES string of the molecule is CNc1cn2ncc(C(C)(C)C)c2c(C)n1. The Balaban J connectivity index is 2.74. The van der Waals surface area contributed by atoms with Crippen LogP contribution in [-0.4, -0.2) is 21.6 Å². The van der Waals surface area contributed by atoms with Crippen LogP contribution in [0.3, 0.4) is 0 Å². The van der Waals surface area contributed by atoms with E-state index < -0.39 is 0 Å². The van der Waals surface area contributed by atoms with Crippen molar-refractivity contribution in [2.45, 2.75) is 33.1 Å². The van der Waals surface area contributed by atoms with E-state index in [-0.39, 0.29) is 5.41 Å². The number of hydrogen-bond acceptors (Lipinski definition) is 3. The van der Waals surface area contributed by atoms with E-state index in [9.17, 15) is 0 Å². The van der Waals surface area contributed by atoms with Crippen LogP contribution in [0.4, 0.5) is 5.82 Å². The Kier molecular flexibility index (Phi) is 2.37. The number of aryl methyl sites for hydroxylation is 1. The van der Waals surface area contributed by atoms with Gasteiger partial charge in [-0.15, -0.1) is 0 Å². The van der Waals surface area contributed by atoms with Crippen molar-refractivity contribution in [1.82, 2.24) is 14.6 Å². The third-order valence-corrected chi connectivity index (χ3v) is 2.74. The Morgan fingerprint density at radius 3 is 2.56 bits per heavy atom. The summed E-state index contributed by atoms with van der Waals surface area (Å²) in [4.78, 5) is 4.49. The summed E-state index contributed by atoms with van der Waals surface area (Å²) in [5.74, 6) is 0.841. The first-order chi connectivity index (χ1) is 7.43. The predicted octanol–water partition coefficient (Wildman–Crippen LogP) is 2.38. The van der Waals surface area contributed by atoms with Crippen molar-refractivity contribution < 1.29 is 0 Å². The quantitative estimate of drug-likeness (QED) is 0.799. The van der Waals surface area contributed by atoms with Crippen molar-refractivity contribution in [2.24, 2.45) is 0 Å². The Morgan fingerprint density at radius 1 is 1.31 bits per heavy atom. The van der Waals surface area contributed by atoms with Crippen molar-refractivity contribution in [3.8, 4) is 0 Å². The molecule has 0 fully saturated rings. The van der Waals surface area contributed by atoms with Gasteiger partial charge in [-0.2, -0.15) is 5.10 Å². The van der Waals surface area contributed by atoms with E-state index in [4.69, 9.17) is 0 Å². The molecule has 0 aliphatic carbocycles. The molecule has 86 valence electrons. The van der Waals surface area contributed by atoms with Gasteiger partial charge in [0.15, 0.2) is 0 Å². The molecule has 16 heavy (non-hydrogen) atoms. The summed E-state index contributed by atoms with van der Waals surface area (Å²) < 4.78 is 1.90. The minimum absolute atomic E-state index is 0.0926. The zero-order valence-corrected chi connectivity index (χ0v) is 10.5. The summed E-state index contributed by atoms with van der Waals surface area (Å²) >= 11 is 0. The zero-order valence-electron chi connectivity index (χ0n) is 10.5. The highest BCUT2D eigenvalue weighted by Gasteiger charge is 2.20. The first kappa shape index (κ1) is 10.9. The molecule has 0 amide bonds. The molecule has 0 atom stereocenters. The first-order valence-corrected chi connectivity index (χ1v) is 5.46. The standard InChI is InChI=1S/C12H18N4/c1-8-11-9(12(2,3)4)6-14-16(11)7-10(13-5)15-8/h6-7,13H,1-5H3. The fraction of sp³-hybridized carbons (Fsp3) is 0.500. The maximum atomic E-state index is 4.49. The van der Waals surface area contributed by atoms with Crippen molar-refractivity contribution in [2.75, 3.05) is 12.4 Å². The Bertz CT molecular complexity index is 520. The fourth-order valence-corrected chi connectivity index (χ4v) is 1.87. The zero-order chi connectivity index (χ0) is 11.9. The van der Waals surface area contributed by atoms with Crippen molar-refractivity contribution >= 4 is 11.3 Å². The molecular formula is C12H18N4. The molecule has 2 rings (SSSR count). The lowest BCUT2D eigenvalue weighted by molar-refractivity contribution is 0.595. The van der Waals surface area contributed by atoms with Gasteiger partial charge >= 0.3 is 0 Å². The highest BCUT2D eigenvalue weighted by molar-refractivity contribution is 5.61. The molecule has 4 heteroatoms. The summed E-state index contributed by atoms with van der Waals surface area (Å²) in [5, 5.41) is 7.43. The molecule has 0 saturated carbocycles. The summed E-state index contributed by atoms with van der Waals surface area (Å²) in [6.45, 7) is 8.59. The van der Waals surface area contributed by atoms with Gasteiger partial charge in [0.1, 0.15) is 5.82 Å². The molecule has 2 heterocycles. The van der Waals surface area contributed by atoms with Crippen LogP contribution in [0.5, 0.6) is 0 Å². The summed E-state index contributed by atoms with van der Waals surface area (Å²) in [5.41, 5.74) is 3.45. The van der Waals surface area contributed by atoms with Gasteiger partial charge in [-0.05, 0) is 12.3 Å². The minimum Gasteiger partial charge on any atom is -0.372 e. The third-order valence-electron chi connectivity index (χ3n) is 2.74. The van der Waals surface area contributed by atoms with Crippen LogP contribution in [0.25, 0.3) is 5.52 Å². The normalized spacial score (nSPS) is 12.1. The van der Waals surface area contributed by atoms with E-state index in [0.29, 0.717) is 0 Å². The average Bonchev–Trinajstić information content (AvgIpc) is 2.60. The molecule has 2 aromatic rings. The average molecular weight is 218 g/mol. The number of fused-ring (bicyclic) bond motifs is 1. The number of aromatic nitrogens is 3. The molecule has 0 aliphatic heterocycles. The Hall–Kier alpha value is -1.58. The molecule has 2 aromatic heterocycles. The molecule has 0 aliphatic rings. The van der Waals surface area contributed by atoms with E-state index in [1.54, 1.807) is 0 Å². The van der Waals surface area contributed by atoms with Crippen LogP contribution in [-0.2, 0) is 5.41 Å². The Labute approximate surface area is 95.7 Å². The fourth-order valence-electron chi connectivity index (χ4n) is 1.87. The Morgan fingerprint density at radius 2 is 2.00 bits per heavy atom. The molecule has 0 bridgehead atoms. The number of hydrogen-bond donors (Lipinski definition) is 1. The van der Waals surface area contributed by atoms with Crippen LogP contribution in [0.15, 0.2) is 12.4 Å². The summed E-state index contributed by atoms with van der Waals surface area (Å²) in [6, 6.07) is 0. The molecule has 1 N–H and O–H groups in total. The van der Waals surface area contributed by atoms with Crippen LogP contribution in [0.2, 0.25) is 0 Å². The van der Waals surface area contributed by atoms with E-state index in [1.807, 2.05) is 30.9 Å². The molecule has 0 radical (unpaired) electrons. The number of anilines is 1. The molecular weight excluding hydrogens is 200 g/mol. The molecule has 4 nitrogen and oxygen atoms in total. The summed E-state index contributed by atoms with van der Waals surface area (Å²) in [6.07, 6.45) is 3.85. The predicted molar refractivity (Wildman–Crippen MR) is 66.0 cm³/mol. The minimum atomic E-state index is 0.0926. The maximum absolute atomic E-state index is 4.49. The lowest BCUT2D eigenvalue weighted by Gasteiger charge is -2.17.